The monoisotopic (exact) mass is 797 g/mol. The lowest BCUT2D eigenvalue weighted by Crippen LogP contribution is -2.27. The number of fused-ring (bicyclic) bond motifs is 11. The highest BCUT2D eigenvalue weighted by Crippen LogP contribution is 2.56. The first-order valence-corrected chi connectivity index (χ1v) is 21.7. The summed E-state index contributed by atoms with van der Waals surface area (Å²) in [7, 11) is 0. The molecular weight excluding hydrogens is 759 g/mol. The average Bonchev–Trinajstić information content (AvgIpc) is 4.00. The van der Waals surface area contributed by atoms with Crippen LogP contribution in [0.2, 0.25) is 0 Å². The quantitative estimate of drug-likeness (QED) is 0.174. The first-order valence-electron chi connectivity index (χ1n) is 21.7. The smallest absolute Gasteiger partial charge is 0.164 e. The molecule has 13 rings (SSSR count). The van der Waals surface area contributed by atoms with Crippen molar-refractivity contribution in [2.24, 2.45) is 0 Å². The van der Waals surface area contributed by atoms with Crippen LogP contribution in [0.15, 0.2) is 185 Å². The molecule has 5 nitrogen and oxygen atoms in total. The van der Waals surface area contributed by atoms with Crippen LogP contribution in [0.1, 0.15) is 43.2 Å². The predicted molar refractivity (Wildman–Crippen MR) is 251 cm³/mol. The van der Waals surface area contributed by atoms with Gasteiger partial charge in [0.2, 0.25) is 0 Å². The molecule has 2 aliphatic rings. The Morgan fingerprint density at radius 2 is 0.790 bits per heavy atom. The van der Waals surface area contributed by atoms with Crippen molar-refractivity contribution in [3.8, 4) is 67.5 Å². The summed E-state index contributed by atoms with van der Waals surface area (Å²) in [6.45, 7) is 0. The van der Waals surface area contributed by atoms with Crippen LogP contribution in [0.25, 0.3) is 111 Å². The minimum Gasteiger partial charge on any atom is -0.456 e. The fourth-order valence-electron chi connectivity index (χ4n) is 10.7. The minimum absolute atomic E-state index is 0.175. The number of para-hydroxylation sites is 2. The second-order valence-corrected chi connectivity index (χ2v) is 17.0. The zero-order valence-electron chi connectivity index (χ0n) is 33.9. The lowest BCUT2D eigenvalue weighted by atomic mass is 9.68. The van der Waals surface area contributed by atoms with Gasteiger partial charge in [0, 0.05) is 43.7 Å². The fourth-order valence-corrected chi connectivity index (χ4v) is 10.7. The molecular formula is C57H39N3O2. The number of hydrogen-bond donors (Lipinski definition) is 0. The molecule has 1 fully saturated rings. The number of furan rings is 2. The molecule has 3 aromatic heterocycles. The summed E-state index contributed by atoms with van der Waals surface area (Å²) in [5, 5.41) is 4.01. The van der Waals surface area contributed by atoms with Crippen molar-refractivity contribution >= 4 is 43.9 Å². The molecule has 0 amide bonds. The molecule has 5 heteroatoms. The molecule has 0 N–H and O–H groups in total. The molecule has 11 aromatic rings. The van der Waals surface area contributed by atoms with Crippen LogP contribution in [0, 0.1) is 0 Å². The number of hydrogen-bond acceptors (Lipinski definition) is 5. The van der Waals surface area contributed by atoms with Gasteiger partial charge in [-0.1, -0.05) is 165 Å². The van der Waals surface area contributed by atoms with Gasteiger partial charge in [-0.3, -0.25) is 0 Å². The molecule has 0 saturated heterocycles. The van der Waals surface area contributed by atoms with Crippen LogP contribution in [-0.2, 0) is 5.41 Å². The first kappa shape index (κ1) is 35.2. The van der Waals surface area contributed by atoms with Gasteiger partial charge in [-0.2, -0.15) is 0 Å². The van der Waals surface area contributed by atoms with Crippen LogP contribution >= 0.6 is 0 Å². The van der Waals surface area contributed by atoms with Crippen molar-refractivity contribution in [1.82, 2.24) is 15.0 Å². The largest absolute Gasteiger partial charge is 0.456 e. The summed E-state index contributed by atoms with van der Waals surface area (Å²) in [4.78, 5) is 15.6. The Morgan fingerprint density at radius 3 is 1.40 bits per heavy atom. The highest BCUT2D eigenvalue weighted by molar-refractivity contribution is 6.13. The molecule has 1 saturated carbocycles. The third kappa shape index (κ3) is 5.37. The molecule has 0 radical (unpaired) electrons. The fraction of sp³-hybridized carbons (Fsp3) is 0.105. The number of aromatic nitrogens is 3. The van der Waals surface area contributed by atoms with Crippen molar-refractivity contribution in [3.05, 3.63) is 187 Å². The van der Waals surface area contributed by atoms with Crippen LogP contribution in [-0.4, -0.2) is 15.0 Å². The van der Waals surface area contributed by atoms with E-state index in [1.54, 1.807) is 0 Å². The van der Waals surface area contributed by atoms with E-state index in [4.69, 9.17) is 23.8 Å². The van der Waals surface area contributed by atoms with E-state index in [0.717, 1.165) is 71.7 Å². The van der Waals surface area contributed by atoms with Gasteiger partial charge in [-0.05, 0) is 87.7 Å². The van der Waals surface area contributed by atoms with E-state index in [1.807, 2.05) is 60.7 Å². The summed E-state index contributed by atoms with van der Waals surface area (Å²) in [6.07, 6.45) is 6.44. The lowest BCUT2D eigenvalue weighted by Gasteiger charge is -2.36. The lowest BCUT2D eigenvalue weighted by molar-refractivity contribution is 0.353. The van der Waals surface area contributed by atoms with Crippen molar-refractivity contribution < 1.29 is 8.83 Å². The molecule has 0 bridgehead atoms. The maximum absolute atomic E-state index is 6.30. The summed E-state index contributed by atoms with van der Waals surface area (Å²) in [5.41, 5.74) is 16.7. The van der Waals surface area contributed by atoms with Gasteiger partial charge in [0.25, 0.3) is 0 Å². The maximum Gasteiger partial charge on any atom is 0.164 e. The summed E-state index contributed by atoms with van der Waals surface area (Å²) in [5.74, 6) is 1.75. The molecule has 294 valence electrons. The van der Waals surface area contributed by atoms with Gasteiger partial charge >= 0.3 is 0 Å². The Balaban J connectivity index is 0.883. The predicted octanol–water partition coefficient (Wildman–Crippen LogP) is 15.2. The topological polar surface area (TPSA) is 65.0 Å². The van der Waals surface area contributed by atoms with Gasteiger partial charge in [0.1, 0.15) is 22.3 Å². The zero-order chi connectivity index (χ0) is 40.8. The molecule has 0 atom stereocenters. The molecule has 0 aliphatic heterocycles. The van der Waals surface area contributed by atoms with Gasteiger partial charge in [0.05, 0.1) is 0 Å². The Bertz CT molecular complexity index is 3420. The Kier molecular flexibility index (Phi) is 7.77. The van der Waals surface area contributed by atoms with E-state index < -0.39 is 0 Å². The Hall–Kier alpha value is -7.63. The van der Waals surface area contributed by atoms with Crippen LogP contribution < -0.4 is 0 Å². The summed E-state index contributed by atoms with van der Waals surface area (Å²) in [6, 6.07) is 62.3. The molecule has 8 aromatic carbocycles. The third-order valence-electron chi connectivity index (χ3n) is 13.6. The molecule has 62 heavy (non-hydrogen) atoms. The van der Waals surface area contributed by atoms with E-state index in [2.05, 4.69) is 115 Å². The number of rotatable bonds is 5. The molecule has 2 aliphatic carbocycles. The van der Waals surface area contributed by atoms with Gasteiger partial charge in [-0.15, -0.1) is 0 Å². The highest BCUT2D eigenvalue weighted by Gasteiger charge is 2.43. The van der Waals surface area contributed by atoms with E-state index in [0.29, 0.717) is 17.5 Å². The first-order chi connectivity index (χ1) is 30.7. The number of nitrogens with zero attached hydrogens (tertiary/aromatic N) is 3. The number of benzene rings is 8. The summed E-state index contributed by atoms with van der Waals surface area (Å²) < 4.78 is 12.6. The van der Waals surface area contributed by atoms with Crippen LogP contribution in [0.3, 0.4) is 0 Å². The molecule has 3 heterocycles. The zero-order valence-corrected chi connectivity index (χ0v) is 33.9. The SMILES string of the molecule is c1ccc2c(c1)-c1cc(-c3ccc(-c4ccc(-c5nc(-c6cccc7oc8ccccc8c67)nc(-c6cccc7oc8ccccc8c67)n5)cc4)cc3)ccc1C21CCCCC1. The van der Waals surface area contributed by atoms with Gasteiger partial charge in [-0.25, -0.2) is 15.0 Å². The standard InChI is InChI=1S/C57H39N3O2/c1-8-32-57(33-9-1)46-17-5-2-12-40(46)45-34-39(30-31-47(45)57)37-24-22-35(23-25-37)36-26-28-38(29-27-36)54-58-55(43-15-10-20-50-52(43)41-13-3-6-18-48(41)61-50)60-56(59-54)44-16-11-21-51-53(44)42-14-4-7-19-49(42)62-51/h2-7,10-31,34H,1,8-9,32-33H2. The van der Waals surface area contributed by atoms with Gasteiger partial charge in [0.15, 0.2) is 17.5 Å². The van der Waals surface area contributed by atoms with E-state index in [1.165, 1.54) is 65.5 Å². The second kappa shape index (κ2) is 13.7. The van der Waals surface area contributed by atoms with Crippen molar-refractivity contribution in [2.45, 2.75) is 37.5 Å². The van der Waals surface area contributed by atoms with Gasteiger partial charge < -0.3 is 8.83 Å². The third-order valence-corrected chi connectivity index (χ3v) is 13.6. The van der Waals surface area contributed by atoms with Crippen molar-refractivity contribution in [1.29, 1.82) is 0 Å². The molecule has 0 unspecified atom stereocenters. The van der Waals surface area contributed by atoms with Crippen LogP contribution in [0.5, 0.6) is 0 Å². The molecule has 1 spiro atoms. The highest BCUT2D eigenvalue weighted by atomic mass is 16.3. The Labute approximate surface area is 358 Å². The average molecular weight is 798 g/mol. The van der Waals surface area contributed by atoms with E-state index >= 15 is 0 Å². The van der Waals surface area contributed by atoms with Crippen molar-refractivity contribution in [3.63, 3.8) is 0 Å². The van der Waals surface area contributed by atoms with Crippen LogP contribution in [0.4, 0.5) is 0 Å². The second-order valence-electron chi connectivity index (χ2n) is 17.0. The minimum atomic E-state index is 0.175. The van der Waals surface area contributed by atoms with E-state index in [-0.39, 0.29) is 5.41 Å². The normalized spacial score (nSPS) is 14.3. The van der Waals surface area contributed by atoms with Crippen molar-refractivity contribution in [2.75, 3.05) is 0 Å². The summed E-state index contributed by atoms with van der Waals surface area (Å²) >= 11 is 0. The van der Waals surface area contributed by atoms with E-state index in [9.17, 15) is 0 Å². The maximum atomic E-state index is 6.30. The Morgan fingerprint density at radius 1 is 0.339 bits per heavy atom.